The zero-order chi connectivity index (χ0) is 9.92. The minimum absolute atomic E-state index is 0.118. The Kier molecular flexibility index (Phi) is 1.75. The van der Waals surface area contributed by atoms with Crippen molar-refractivity contribution in [1.82, 2.24) is 0 Å². The average molecular weight is 200 g/mol. The maximum atomic E-state index is 9.37. The molecule has 0 aromatic rings. The average Bonchev–Trinajstić information content (AvgIpc) is 2.58. The summed E-state index contributed by atoms with van der Waals surface area (Å²) >= 11 is 0. The van der Waals surface area contributed by atoms with E-state index in [1.54, 1.807) is 0 Å². The fourth-order valence-electron chi connectivity index (χ4n) is 2.96. The van der Waals surface area contributed by atoms with E-state index in [0.717, 1.165) is 6.42 Å². The maximum Gasteiger partial charge on any atom is 0.163 e. The smallest absolute Gasteiger partial charge is 0.163 e. The first-order chi connectivity index (χ1) is 6.55. The molecule has 0 amide bonds. The van der Waals surface area contributed by atoms with Crippen LogP contribution < -0.4 is 0 Å². The molecular formula is C10H16O4. The highest BCUT2D eigenvalue weighted by Crippen LogP contribution is 2.47. The van der Waals surface area contributed by atoms with Crippen molar-refractivity contribution in [3.8, 4) is 0 Å². The van der Waals surface area contributed by atoms with Crippen LogP contribution in [0.25, 0.3) is 0 Å². The van der Waals surface area contributed by atoms with Gasteiger partial charge in [-0.1, -0.05) is 0 Å². The first-order valence-electron chi connectivity index (χ1n) is 5.24. The van der Waals surface area contributed by atoms with Gasteiger partial charge in [0.25, 0.3) is 0 Å². The predicted octanol–water partition coefficient (Wildman–Crippen LogP) is 0.634. The fourth-order valence-corrected chi connectivity index (χ4v) is 2.96. The second kappa shape index (κ2) is 2.70. The second-order valence-electron chi connectivity index (χ2n) is 4.90. The number of hydrogen-bond donors (Lipinski definition) is 1. The summed E-state index contributed by atoms with van der Waals surface area (Å²) < 4.78 is 17.0. The topological polar surface area (TPSA) is 47.9 Å². The lowest BCUT2D eigenvalue weighted by Crippen LogP contribution is -2.27. The largest absolute Gasteiger partial charge is 0.368 e. The van der Waals surface area contributed by atoms with Crippen LogP contribution in [0.5, 0.6) is 0 Å². The van der Waals surface area contributed by atoms with E-state index in [4.69, 9.17) is 14.2 Å². The van der Waals surface area contributed by atoms with Crippen molar-refractivity contribution >= 4 is 0 Å². The first kappa shape index (κ1) is 9.09. The third kappa shape index (κ3) is 1.21. The zero-order valence-electron chi connectivity index (χ0n) is 8.47. The molecule has 2 saturated heterocycles. The van der Waals surface area contributed by atoms with Crippen LogP contribution in [0.4, 0.5) is 0 Å². The van der Waals surface area contributed by atoms with Crippen LogP contribution in [0.2, 0.25) is 0 Å². The Morgan fingerprint density at radius 3 is 2.71 bits per heavy atom. The Hall–Kier alpha value is -0.160. The summed E-state index contributed by atoms with van der Waals surface area (Å²) in [5.41, 5.74) is 0. The van der Waals surface area contributed by atoms with Crippen LogP contribution in [0, 0.1) is 5.92 Å². The standard InChI is InChI=1S/C10H16O4/c1-10(2)13-7-4-6-5(9(7)14-10)3-8(11)12-6/h5-9,11H,3-4H2,1-2H3/t5-,6-,7+,8+,9-/m0/s1. The number of fused-ring (bicyclic) bond motifs is 3. The molecule has 0 aromatic heterocycles. The Morgan fingerprint density at radius 2 is 1.93 bits per heavy atom. The quantitative estimate of drug-likeness (QED) is 0.623. The zero-order valence-corrected chi connectivity index (χ0v) is 8.47. The predicted molar refractivity (Wildman–Crippen MR) is 47.4 cm³/mol. The van der Waals surface area contributed by atoms with Crippen molar-refractivity contribution < 1.29 is 19.3 Å². The Bertz CT molecular complexity index is 253. The molecule has 4 nitrogen and oxygen atoms in total. The van der Waals surface area contributed by atoms with Crippen LogP contribution in [-0.2, 0) is 14.2 Å². The molecule has 3 fully saturated rings. The molecule has 80 valence electrons. The first-order valence-corrected chi connectivity index (χ1v) is 5.24. The van der Waals surface area contributed by atoms with E-state index in [2.05, 4.69) is 0 Å². The molecule has 4 heteroatoms. The highest BCUT2D eigenvalue weighted by Gasteiger charge is 2.56. The number of hydrogen-bond acceptors (Lipinski definition) is 4. The number of ether oxygens (including phenoxy) is 3. The summed E-state index contributed by atoms with van der Waals surface area (Å²) in [6.07, 6.45) is 1.36. The lowest BCUT2D eigenvalue weighted by atomic mass is 10.0. The molecule has 2 aliphatic heterocycles. The minimum atomic E-state index is -0.599. The molecule has 0 spiro atoms. The van der Waals surface area contributed by atoms with Crippen molar-refractivity contribution in [3.63, 3.8) is 0 Å². The number of rotatable bonds is 0. The molecule has 0 aromatic carbocycles. The van der Waals surface area contributed by atoms with Crippen LogP contribution in [0.1, 0.15) is 26.7 Å². The SMILES string of the molecule is CC1(C)O[C@H]2[C@H]3C[C@H](O)O[C@H]3C[C@H]2O1. The van der Waals surface area contributed by atoms with E-state index >= 15 is 0 Å². The van der Waals surface area contributed by atoms with E-state index < -0.39 is 12.1 Å². The number of aliphatic hydroxyl groups excluding tert-OH is 1. The van der Waals surface area contributed by atoms with E-state index in [9.17, 15) is 5.11 Å². The molecule has 1 aliphatic carbocycles. The third-order valence-electron chi connectivity index (χ3n) is 3.39. The number of aliphatic hydroxyl groups is 1. The highest BCUT2D eigenvalue weighted by molar-refractivity contribution is 5.01. The van der Waals surface area contributed by atoms with Crippen molar-refractivity contribution in [1.29, 1.82) is 0 Å². The molecule has 0 unspecified atom stereocenters. The molecule has 1 N–H and O–H groups in total. The van der Waals surface area contributed by atoms with Crippen molar-refractivity contribution in [2.45, 2.75) is 57.1 Å². The Balaban J connectivity index is 1.78. The summed E-state index contributed by atoms with van der Waals surface area (Å²) in [5, 5.41) is 9.37. The molecule has 0 bridgehead atoms. The summed E-state index contributed by atoms with van der Waals surface area (Å²) in [5.74, 6) is -0.148. The van der Waals surface area contributed by atoms with Crippen LogP contribution >= 0.6 is 0 Å². The summed E-state index contributed by atoms with van der Waals surface area (Å²) in [6.45, 7) is 3.87. The van der Waals surface area contributed by atoms with E-state index in [0.29, 0.717) is 12.3 Å². The van der Waals surface area contributed by atoms with Crippen molar-refractivity contribution in [2.24, 2.45) is 5.92 Å². The third-order valence-corrected chi connectivity index (χ3v) is 3.39. The molecule has 3 rings (SSSR count). The lowest BCUT2D eigenvalue weighted by Gasteiger charge is -2.21. The van der Waals surface area contributed by atoms with Crippen LogP contribution in [0.15, 0.2) is 0 Å². The molecule has 2 heterocycles. The molecular weight excluding hydrogens is 184 g/mol. The summed E-state index contributed by atoms with van der Waals surface area (Å²) in [6, 6.07) is 0. The highest BCUT2D eigenvalue weighted by atomic mass is 16.8. The van der Waals surface area contributed by atoms with Gasteiger partial charge in [0.2, 0.25) is 0 Å². The molecule has 1 saturated carbocycles. The van der Waals surface area contributed by atoms with E-state index in [1.807, 2.05) is 13.8 Å². The van der Waals surface area contributed by atoms with Gasteiger partial charge in [-0.3, -0.25) is 0 Å². The van der Waals surface area contributed by atoms with Gasteiger partial charge in [0.05, 0.1) is 18.3 Å². The fraction of sp³-hybridized carbons (Fsp3) is 1.00. The van der Waals surface area contributed by atoms with Gasteiger partial charge in [-0.05, 0) is 13.8 Å². The van der Waals surface area contributed by atoms with Gasteiger partial charge < -0.3 is 19.3 Å². The molecule has 5 atom stereocenters. The summed E-state index contributed by atoms with van der Waals surface area (Å²) in [4.78, 5) is 0. The Labute approximate surface area is 83.1 Å². The van der Waals surface area contributed by atoms with Gasteiger partial charge in [-0.2, -0.15) is 0 Å². The Morgan fingerprint density at radius 1 is 1.14 bits per heavy atom. The van der Waals surface area contributed by atoms with E-state index in [1.165, 1.54) is 0 Å². The van der Waals surface area contributed by atoms with Crippen LogP contribution in [-0.4, -0.2) is 35.5 Å². The van der Waals surface area contributed by atoms with E-state index in [-0.39, 0.29) is 18.3 Å². The second-order valence-corrected chi connectivity index (χ2v) is 4.90. The van der Waals surface area contributed by atoms with Crippen molar-refractivity contribution in [2.75, 3.05) is 0 Å². The van der Waals surface area contributed by atoms with Gasteiger partial charge in [0.1, 0.15) is 0 Å². The van der Waals surface area contributed by atoms with Gasteiger partial charge in [0.15, 0.2) is 12.1 Å². The van der Waals surface area contributed by atoms with Gasteiger partial charge in [0, 0.05) is 18.8 Å². The minimum Gasteiger partial charge on any atom is -0.368 e. The van der Waals surface area contributed by atoms with Gasteiger partial charge in [-0.15, -0.1) is 0 Å². The monoisotopic (exact) mass is 200 g/mol. The molecule has 14 heavy (non-hydrogen) atoms. The van der Waals surface area contributed by atoms with Gasteiger partial charge >= 0.3 is 0 Å². The normalized spacial score (nSPS) is 54.6. The maximum absolute atomic E-state index is 9.37. The molecule has 0 radical (unpaired) electrons. The molecule has 3 aliphatic rings. The van der Waals surface area contributed by atoms with Crippen LogP contribution in [0.3, 0.4) is 0 Å². The van der Waals surface area contributed by atoms with Crippen molar-refractivity contribution in [3.05, 3.63) is 0 Å². The summed E-state index contributed by atoms with van der Waals surface area (Å²) in [7, 11) is 0. The lowest BCUT2D eigenvalue weighted by molar-refractivity contribution is -0.164. The van der Waals surface area contributed by atoms with Gasteiger partial charge in [-0.25, -0.2) is 0 Å².